The average molecular weight is 265 g/mol. The van der Waals surface area contributed by atoms with Crippen LogP contribution in [0.1, 0.15) is 11.1 Å². The van der Waals surface area contributed by atoms with Crippen LogP contribution < -0.4 is 15.2 Å². The smallest absolute Gasteiger partial charge is 0.169 e. The lowest BCUT2D eigenvalue weighted by Gasteiger charge is -2.12. The van der Waals surface area contributed by atoms with Gasteiger partial charge in [-0.05, 0) is 24.3 Å². The number of nitrogens with two attached hydrogens (primary N) is 1. The zero-order valence-corrected chi connectivity index (χ0v) is 10.8. The highest BCUT2D eigenvalue weighted by Gasteiger charge is 2.11. The summed E-state index contributed by atoms with van der Waals surface area (Å²) in [6.45, 7) is 0. The zero-order chi connectivity index (χ0) is 14.5. The molecule has 20 heavy (non-hydrogen) atoms. The Kier molecular flexibility index (Phi) is 3.74. The molecule has 2 aromatic rings. The molecule has 98 valence electrons. The lowest BCUT2D eigenvalue weighted by atomic mass is 10.2. The van der Waals surface area contributed by atoms with E-state index in [-0.39, 0.29) is 5.69 Å². The SMILES string of the molecule is COc1cc(C#N)ccc1Oc1cccc(C#N)c1N. The molecule has 0 aromatic heterocycles. The van der Waals surface area contributed by atoms with Crippen molar-refractivity contribution in [2.45, 2.75) is 0 Å². The number of hydrogen-bond donors (Lipinski definition) is 1. The summed E-state index contributed by atoms with van der Waals surface area (Å²) in [5.74, 6) is 1.21. The van der Waals surface area contributed by atoms with Gasteiger partial charge in [-0.1, -0.05) is 6.07 Å². The Morgan fingerprint density at radius 3 is 2.45 bits per heavy atom. The van der Waals surface area contributed by atoms with Crippen LogP contribution in [0, 0.1) is 22.7 Å². The van der Waals surface area contributed by atoms with Crippen molar-refractivity contribution in [3.63, 3.8) is 0 Å². The molecule has 0 amide bonds. The molecule has 0 saturated carbocycles. The van der Waals surface area contributed by atoms with Crippen molar-refractivity contribution in [2.24, 2.45) is 0 Å². The molecule has 0 aliphatic heterocycles. The van der Waals surface area contributed by atoms with Gasteiger partial charge in [-0.3, -0.25) is 0 Å². The fraction of sp³-hybridized carbons (Fsp3) is 0.0667. The first-order chi connectivity index (χ1) is 9.69. The Labute approximate surface area is 116 Å². The van der Waals surface area contributed by atoms with Gasteiger partial charge in [0.15, 0.2) is 17.2 Å². The minimum Gasteiger partial charge on any atom is -0.493 e. The Balaban J connectivity index is 2.41. The second-order valence-corrected chi connectivity index (χ2v) is 3.91. The fourth-order valence-corrected chi connectivity index (χ4v) is 1.67. The summed E-state index contributed by atoms with van der Waals surface area (Å²) >= 11 is 0. The molecule has 0 radical (unpaired) electrons. The summed E-state index contributed by atoms with van der Waals surface area (Å²) in [5, 5.41) is 17.8. The van der Waals surface area contributed by atoms with Gasteiger partial charge in [-0.15, -0.1) is 0 Å². The molecule has 5 heteroatoms. The molecule has 0 atom stereocenters. The molecule has 0 saturated heterocycles. The summed E-state index contributed by atoms with van der Waals surface area (Å²) in [7, 11) is 1.48. The van der Waals surface area contributed by atoms with E-state index in [1.165, 1.54) is 7.11 Å². The number of benzene rings is 2. The predicted octanol–water partition coefficient (Wildman–Crippen LogP) is 2.81. The Morgan fingerprint density at radius 1 is 1.00 bits per heavy atom. The van der Waals surface area contributed by atoms with E-state index in [9.17, 15) is 0 Å². The number of ether oxygens (including phenoxy) is 2. The predicted molar refractivity (Wildman–Crippen MR) is 73.4 cm³/mol. The van der Waals surface area contributed by atoms with Gasteiger partial charge in [0.1, 0.15) is 6.07 Å². The largest absolute Gasteiger partial charge is 0.493 e. The molecule has 2 aromatic carbocycles. The third kappa shape index (κ3) is 2.47. The summed E-state index contributed by atoms with van der Waals surface area (Å²) in [4.78, 5) is 0. The van der Waals surface area contributed by atoms with Gasteiger partial charge in [-0.2, -0.15) is 10.5 Å². The van der Waals surface area contributed by atoms with Crippen LogP contribution in [0.4, 0.5) is 5.69 Å². The van der Waals surface area contributed by atoms with E-state index in [1.807, 2.05) is 12.1 Å². The zero-order valence-electron chi connectivity index (χ0n) is 10.8. The van der Waals surface area contributed by atoms with E-state index in [0.717, 1.165) is 0 Å². The average Bonchev–Trinajstić information content (AvgIpc) is 2.49. The third-order valence-electron chi connectivity index (χ3n) is 2.70. The van der Waals surface area contributed by atoms with Gasteiger partial charge in [0.05, 0.1) is 30.0 Å². The Bertz CT molecular complexity index is 727. The highest BCUT2D eigenvalue weighted by Crippen LogP contribution is 2.35. The van der Waals surface area contributed by atoms with E-state index in [4.69, 9.17) is 25.7 Å². The quantitative estimate of drug-likeness (QED) is 0.861. The van der Waals surface area contributed by atoms with Gasteiger partial charge in [0.25, 0.3) is 0 Å². The molecule has 2 rings (SSSR count). The van der Waals surface area contributed by atoms with Crippen LogP contribution in [0.15, 0.2) is 36.4 Å². The molecule has 0 bridgehead atoms. The number of methoxy groups -OCH3 is 1. The first kappa shape index (κ1) is 13.3. The summed E-state index contributed by atoms with van der Waals surface area (Å²) in [5.41, 5.74) is 6.92. The summed E-state index contributed by atoms with van der Waals surface area (Å²) in [6.07, 6.45) is 0. The van der Waals surface area contributed by atoms with Crippen molar-refractivity contribution in [1.82, 2.24) is 0 Å². The lowest BCUT2D eigenvalue weighted by molar-refractivity contribution is 0.379. The van der Waals surface area contributed by atoms with Gasteiger partial charge >= 0.3 is 0 Å². The number of nitrogen functional groups attached to an aromatic ring is 1. The van der Waals surface area contributed by atoms with Crippen LogP contribution >= 0.6 is 0 Å². The van der Waals surface area contributed by atoms with Gasteiger partial charge < -0.3 is 15.2 Å². The molecule has 5 nitrogen and oxygen atoms in total. The van der Waals surface area contributed by atoms with Crippen molar-refractivity contribution >= 4 is 5.69 Å². The minimum atomic E-state index is 0.265. The summed E-state index contributed by atoms with van der Waals surface area (Å²) < 4.78 is 10.8. The first-order valence-corrected chi connectivity index (χ1v) is 5.74. The number of para-hydroxylation sites is 1. The lowest BCUT2D eigenvalue weighted by Crippen LogP contribution is -1.97. The van der Waals surface area contributed by atoms with Gasteiger partial charge in [-0.25, -0.2) is 0 Å². The number of rotatable bonds is 3. The van der Waals surface area contributed by atoms with E-state index in [1.54, 1.807) is 36.4 Å². The Morgan fingerprint density at radius 2 is 1.80 bits per heavy atom. The second kappa shape index (κ2) is 5.64. The van der Waals surface area contributed by atoms with Crippen molar-refractivity contribution in [3.8, 4) is 29.4 Å². The van der Waals surface area contributed by atoms with Crippen LogP contribution in [0.25, 0.3) is 0 Å². The van der Waals surface area contributed by atoms with Crippen LogP contribution in [0.2, 0.25) is 0 Å². The fourth-order valence-electron chi connectivity index (χ4n) is 1.67. The maximum Gasteiger partial charge on any atom is 0.169 e. The molecule has 0 fully saturated rings. The maximum atomic E-state index is 8.93. The molecular weight excluding hydrogens is 254 g/mol. The van der Waals surface area contributed by atoms with E-state index in [2.05, 4.69) is 0 Å². The number of nitriles is 2. The second-order valence-electron chi connectivity index (χ2n) is 3.91. The van der Waals surface area contributed by atoms with Gasteiger partial charge in [0, 0.05) is 6.07 Å². The number of nitrogens with zero attached hydrogens (tertiary/aromatic N) is 2. The van der Waals surface area contributed by atoms with Crippen LogP contribution in [0.3, 0.4) is 0 Å². The topological polar surface area (TPSA) is 92.1 Å². The summed E-state index contributed by atoms with van der Waals surface area (Å²) in [6, 6.07) is 13.8. The van der Waals surface area contributed by atoms with Crippen molar-refractivity contribution in [2.75, 3.05) is 12.8 Å². The Hall–Kier alpha value is -3.18. The van der Waals surface area contributed by atoms with E-state index < -0.39 is 0 Å². The third-order valence-corrected chi connectivity index (χ3v) is 2.70. The van der Waals surface area contributed by atoms with Crippen molar-refractivity contribution in [3.05, 3.63) is 47.5 Å². The number of hydrogen-bond acceptors (Lipinski definition) is 5. The van der Waals surface area contributed by atoms with Crippen molar-refractivity contribution in [1.29, 1.82) is 10.5 Å². The number of anilines is 1. The minimum absolute atomic E-state index is 0.265. The maximum absolute atomic E-state index is 8.93. The van der Waals surface area contributed by atoms with Crippen LogP contribution in [-0.2, 0) is 0 Å². The highest BCUT2D eigenvalue weighted by molar-refractivity contribution is 5.64. The molecule has 2 N–H and O–H groups in total. The standard InChI is InChI=1S/C15H11N3O2/c1-19-14-7-10(8-16)5-6-12(14)20-13-4-2-3-11(9-17)15(13)18/h2-7H,18H2,1H3. The molecular formula is C15H11N3O2. The molecule has 0 unspecified atom stereocenters. The molecule has 0 aliphatic carbocycles. The van der Waals surface area contributed by atoms with Gasteiger partial charge in [0.2, 0.25) is 0 Å². The van der Waals surface area contributed by atoms with Crippen LogP contribution in [0.5, 0.6) is 17.2 Å². The monoisotopic (exact) mass is 265 g/mol. The first-order valence-electron chi connectivity index (χ1n) is 5.74. The highest BCUT2D eigenvalue weighted by atomic mass is 16.5. The molecule has 0 heterocycles. The normalized spacial score (nSPS) is 9.35. The van der Waals surface area contributed by atoms with E-state index in [0.29, 0.717) is 28.4 Å². The van der Waals surface area contributed by atoms with Crippen molar-refractivity contribution < 1.29 is 9.47 Å². The van der Waals surface area contributed by atoms with Crippen LogP contribution in [-0.4, -0.2) is 7.11 Å². The molecule has 0 aliphatic rings. The van der Waals surface area contributed by atoms with E-state index >= 15 is 0 Å². The molecule has 0 spiro atoms.